The predicted molar refractivity (Wildman–Crippen MR) is 92.0 cm³/mol. The van der Waals surface area contributed by atoms with Crippen molar-refractivity contribution in [3.05, 3.63) is 42.6 Å². The summed E-state index contributed by atoms with van der Waals surface area (Å²) in [5.41, 5.74) is 0.533. The second kappa shape index (κ2) is 7.03. The zero-order valence-electron chi connectivity index (χ0n) is 14.4. The van der Waals surface area contributed by atoms with Crippen LogP contribution in [0.3, 0.4) is 0 Å². The molecule has 0 aliphatic carbocycles. The van der Waals surface area contributed by atoms with Crippen molar-refractivity contribution in [2.45, 2.75) is 39.3 Å². The van der Waals surface area contributed by atoms with Gasteiger partial charge in [-0.25, -0.2) is 14.8 Å². The molecular formula is C18H24N4O2. The van der Waals surface area contributed by atoms with Gasteiger partial charge in [0.05, 0.1) is 18.5 Å². The lowest BCUT2D eigenvalue weighted by molar-refractivity contribution is 0.0378. The van der Waals surface area contributed by atoms with Crippen LogP contribution < -0.4 is 4.90 Å². The highest BCUT2D eigenvalue weighted by molar-refractivity contribution is 5.94. The summed E-state index contributed by atoms with van der Waals surface area (Å²) in [5.74, 6) is 0.941. The van der Waals surface area contributed by atoms with Crippen LogP contribution in [0.25, 0.3) is 0 Å². The van der Waals surface area contributed by atoms with Crippen LogP contribution in [0.2, 0.25) is 0 Å². The zero-order valence-corrected chi connectivity index (χ0v) is 14.4. The summed E-state index contributed by atoms with van der Waals surface area (Å²) in [5, 5.41) is 0. The molecule has 1 saturated heterocycles. The molecule has 0 amide bonds. The van der Waals surface area contributed by atoms with E-state index in [2.05, 4.69) is 26.4 Å². The number of pyridine rings is 1. The molecule has 0 bridgehead atoms. The van der Waals surface area contributed by atoms with Gasteiger partial charge in [-0.2, -0.15) is 0 Å². The van der Waals surface area contributed by atoms with E-state index in [9.17, 15) is 4.79 Å². The van der Waals surface area contributed by atoms with Gasteiger partial charge in [-0.15, -0.1) is 0 Å². The van der Waals surface area contributed by atoms with E-state index in [0.29, 0.717) is 23.3 Å². The van der Waals surface area contributed by atoms with Crippen LogP contribution in [0, 0.1) is 5.92 Å². The lowest BCUT2D eigenvalue weighted by Gasteiger charge is -2.38. The van der Waals surface area contributed by atoms with E-state index in [-0.39, 0.29) is 12.1 Å². The number of carbonyl (C=O) groups is 1. The molecule has 3 heterocycles. The number of aromatic nitrogens is 3. The first-order valence-electron chi connectivity index (χ1n) is 8.44. The summed E-state index contributed by atoms with van der Waals surface area (Å²) < 4.78 is 7.51. The number of ether oxygens (including phenoxy) is 1. The Bertz CT molecular complexity index is 684. The van der Waals surface area contributed by atoms with Crippen molar-refractivity contribution in [1.82, 2.24) is 14.5 Å². The second-order valence-corrected chi connectivity index (χ2v) is 6.62. The van der Waals surface area contributed by atoms with Gasteiger partial charge in [0, 0.05) is 31.7 Å². The van der Waals surface area contributed by atoms with Gasteiger partial charge >= 0.3 is 5.97 Å². The van der Waals surface area contributed by atoms with Gasteiger partial charge in [0.15, 0.2) is 0 Å². The van der Waals surface area contributed by atoms with Gasteiger partial charge in [-0.3, -0.25) is 0 Å². The Kier molecular flexibility index (Phi) is 4.83. The SMILES string of the molecule is CC(C)OC(=O)c1cccnc1N1CC[C@@H](C)[C@@H](n2ccnc2)C1. The van der Waals surface area contributed by atoms with Gasteiger partial charge in [-0.05, 0) is 38.3 Å². The van der Waals surface area contributed by atoms with Crippen molar-refractivity contribution < 1.29 is 9.53 Å². The number of imidazole rings is 1. The molecule has 2 aromatic heterocycles. The molecule has 0 N–H and O–H groups in total. The van der Waals surface area contributed by atoms with E-state index in [1.54, 1.807) is 24.5 Å². The number of anilines is 1. The third-order valence-corrected chi connectivity index (χ3v) is 4.48. The summed E-state index contributed by atoms with van der Waals surface area (Å²) in [7, 11) is 0. The van der Waals surface area contributed by atoms with Crippen molar-refractivity contribution in [1.29, 1.82) is 0 Å². The second-order valence-electron chi connectivity index (χ2n) is 6.62. The minimum absolute atomic E-state index is 0.148. The van der Waals surface area contributed by atoms with Crippen molar-refractivity contribution in [2.24, 2.45) is 5.92 Å². The van der Waals surface area contributed by atoms with Gasteiger partial charge < -0.3 is 14.2 Å². The molecule has 1 aliphatic rings. The van der Waals surface area contributed by atoms with E-state index in [1.807, 2.05) is 26.4 Å². The van der Waals surface area contributed by atoms with Crippen LogP contribution in [0.15, 0.2) is 37.1 Å². The maximum absolute atomic E-state index is 12.4. The highest BCUT2D eigenvalue weighted by Gasteiger charge is 2.30. The van der Waals surface area contributed by atoms with Crippen LogP contribution in [0.4, 0.5) is 5.82 Å². The van der Waals surface area contributed by atoms with Gasteiger partial charge in [0.2, 0.25) is 0 Å². The van der Waals surface area contributed by atoms with Gasteiger partial charge in [0.1, 0.15) is 11.4 Å². The normalized spacial score (nSPS) is 21.1. The van der Waals surface area contributed by atoms with Crippen molar-refractivity contribution in [2.75, 3.05) is 18.0 Å². The predicted octanol–water partition coefficient (Wildman–Crippen LogP) is 2.93. The lowest BCUT2D eigenvalue weighted by Crippen LogP contribution is -2.41. The van der Waals surface area contributed by atoms with Crippen molar-refractivity contribution >= 4 is 11.8 Å². The molecule has 0 radical (unpaired) electrons. The van der Waals surface area contributed by atoms with Gasteiger partial charge in [0.25, 0.3) is 0 Å². The Morgan fingerprint density at radius 3 is 2.92 bits per heavy atom. The van der Waals surface area contributed by atoms with E-state index in [4.69, 9.17) is 4.74 Å². The van der Waals surface area contributed by atoms with Crippen LogP contribution in [0.1, 0.15) is 43.6 Å². The van der Waals surface area contributed by atoms with Crippen molar-refractivity contribution in [3.63, 3.8) is 0 Å². The molecule has 0 aromatic carbocycles. The van der Waals surface area contributed by atoms with Crippen LogP contribution in [0.5, 0.6) is 0 Å². The monoisotopic (exact) mass is 328 g/mol. The molecule has 2 aromatic rings. The number of esters is 1. The molecule has 0 saturated carbocycles. The average Bonchev–Trinajstić information content (AvgIpc) is 3.09. The number of hydrogen-bond donors (Lipinski definition) is 0. The van der Waals surface area contributed by atoms with E-state index < -0.39 is 0 Å². The van der Waals surface area contributed by atoms with Crippen LogP contribution in [-0.4, -0.2) is 39.7 Å². The summed E-state index contributed by atoms with van der Waals surface area (Å²) in [6, 6.07) is 3.88. The van der Waals surface area contributed by atoms with Crippen LogP contribution >= 0.6 is 0 Å². The van der Waals surface area contributed by atoms with Crippen LogP contribution in [-0.2, 0) is 4.74 Å². The highest BCUT2D eigenvalue weighted by Crippen LogP contribution is 2.31. The largest absolute Gasteiger partial charge is 0.459 e. The Morgan fingerprint density at radius 1 is 1.38 bits per heavy atom. The maximum atomic E-state index is 12.4. The topological polar surface area (TPSA) is 60.2 Å². The quantitative estimate of drug-likeness (QED) is 0.808. The third-order valence-electron chi connectivity index (χ3n) is 4.48. The molecule has 128 valence electrons. The number of carbonyl (C=O) groups excluding carboxylic acids is 1. The third kappa shape index (κ3) is 3.42. The fourth-order valence-electron chi connectivity index (χ4n) is 3.18. The summed E-state index contributed by atoms with van der Waals surface area (Å²) >= 11 is 0. The molecule has 0 unspecified atom stereocenters. The molecule has 6 heteroatoms. The first-order chi connectivity index (χ1) is 11.6. The standard InChI is InChI=1S/C18H24N4O2/c1-13(2)24-18(23)15-5-4-7-20-17(15)21-9-6-14(3)16(11-21)22-10-8-19-12-22/h4-5,7-8,10,12-14,16H,6,9,11H2,1-3H3/t14-,16+/m1/s1. The fraction of sp³-hybridized carbons (Fsp3) is 0.500. The van der Waals surface area contributed by atoms with Crippen molar-refractivity contribution in [3.8, 4) is 0 Å². The molecule has 2 atom stereocenters. The minimum Gasteiger partial charge on any atom is -0.459 e. The van der Waals surface area contributed by atoms with E-state index in [0.717, 1.165) is 19.5 Å². The highest BCUT2D eigenvalue weighted by atomic mass is 16.5. The molecule has 24 heavy (non-hydrogen) atoms. The Balaban J connectivity index is 1.85. The Hall–Kier alpha value is -2.37. The zero-order chi connectivity index (χ0) is 17.1. The van der Waals surface area contributed by atoms with E-state index >= 15 is 0 Å². The number of rotatable bonds is 4. The average molecular weight is 328 g/mol. The first-order valence-corrected chi connectivity index (χ1v) is 8.44. The Labute approximate surface area is 142 Å². The van der Waals surface area contributed by atoms with Gasteiger partial charge in [-0.1, -0.05) is 6.92 Å². The fourth-order valence-corrected chi connectivity index (χ4v) is 3.18. The lowest BCUT2D eigenvalue weighted by atomic mass is 9.93. The minimum atomic E-state index is -0.314. The molecule has 1 aliphatic heterocycles. The molecule has 3 rings (SSSR count). The van der Waals surface area contributed by atoms with E-state index in [1.165, 1.54) is 0 Å². The summed E-state index contributed by atoms with van der Waals surface area (Å²) in [4.78, 5) is 23.2. The number of nitrogens with zero attached hydrogens (tertiary/aromatic N) is 4. The summed E-state index contributed by atoms with van der Waals surface area (Å²) in [6.45, 7) is 7.65. The smallest absolute Gasteiger partial charge is 0.342 e. The summed E-state index contributed by atoms with van der Waals surface area (Å²) in [6.07, 6.45) is 8.28. The maximum Gasteiger partial charge on any atom is 0.342 e. The number of hydrogen-bond acceptors (Lipinski definition) is 5. The molecule has 0 spiro atoms. The molecule has 6 nitrogen and oxygen atoms in total. The Morgan fingerprint density at radius 2 is 2.21 bits per heavy atom. The first kappa shape index (κ1) is 16.5. The molecule has 1 fully saturated rings. The number of piperidine rings is 1. The molecular weight excluding hydrogens is 304 g/mol.